The highest BCUT2D eigenvalue weighted by molar-refractivity contribution is 9.10. The largest absolute Gasteiger partial charge is 0.493 e. The van der Waals surface area contributed by atoms with Gasteiger partial charge in [0.1, 0.15) is 0 Å². The summed E-state index contributed by atoms with van der Waals surface area (Å²) in [5, 5.41) is 5.21. The van der Waals surface area contributed by atoms with E-state index in [-0.39, 0.29) is 5.91 Å². The number of benzene rings is 2. The third-order valence-corrected chi connectivity index (χ3v) is 5.08. The molecular weight excluding hydrogens is 432 g/mol. The van der Waals surface area contributed by atoms with Gasteiger partial charge in [0.15, 0.2) is 16.6 Å². The average molecular weight is 449 g/mol. The van der Waals surface area contributed by atoms with E-state index in [9.17, 15) is 4.79 Å². The molecule has 8 heteroatoms. The molecule has 0 aliphatic heterocycles. The Hall–Kier alpha value is -2.58. The van der Waals surface area contributed by atoms with Crippen LogP contribution in [0.15, 0.2) is 46.3 Å². The molecule has 3 rings (SSSR count). The lowest BCUT2D eigenvalue weighted by Gasteiger charge is -2.13. The molecule has 6 nitrogen and oxygen atoms in total. The molecule has 0 aliphatic carbocycles. The Bertz CT molecular complexity index is 932. The van der Waals surface area contributed by atoms with Crippen molar-refractivity contribution >= 4 is 38.3 Å². The van der Waals surface area contributed by atoms with Crippen LogP contribution in [-0.2, 0) is 0 Å². The van der Waals surface area contributed by atoms with E-state index in [1.807, 2.05) is 29.6 Å². The second-order valence-electron chi connectivity index (χ2n) is 5.41. The molecule has 0 saturated heterocycles. The second kappa shape index (κ2) is 8.41. The Kier molecular flexibility index (Phi) is 5.98. The van der Waals surface area contributed by atoms with Crippen LogP contribution in [0.5, 0.6) is 17.2 Å². The molecule has 0 spiro atoms. The number of carbonyl (C=O) groups excluding carboxylic acids is 1. The fourth-order valence-corrected chi connectivity index (χ4v) is 3.44. The molecule has 0 aliphatic rings. The maximum Gasteiger partial charge on any atom is 0.257 e. The van der Waals surface area contributed by atoms with Gasteiger partial charge < -0.3 is 14.2 Å². The summed E-state index contributed by atoms with van der Waals surface area (Å²) in [6.45, 7) is 0. The summed E-state index contributed by atoms with van der Waals surface area (Å²) in [7, 11) is 4.52. The first-order chi connectivity index (χ1) is 13.0. The molecule has 1 heterocycles. The van der Waals surface area contributed by atoms with Crippen LogP contribution in [-0.4, -0.2) is 32.2 Å². The van der Waals surface area contributed by atoms with Crippen LogP contribution in [0.3, 0.4) is 0 Å². The molecule has 0 unspecified atom stereocenters. The number of nitrogens with one attached hydrogen (secondary N) is 1. The van der Waals surface area contributed by atoms with Crippen LogP contribution in [0, 0.1) is 0 Å². The van der Waals surface area contributed by atoms with E-state index >= 15 is 0 Å². The number of thiazole rings is 1. The number of halogens is 1. The number of carbonyl (C=O) groups is 1. The molecule has 140 valence electrons. The molecule has 2 aromatic carbocycles. The van der Waals surface area contributed by atoms with Crippen LogP contribution in [0.2, 0.25) is 0 Å². The Morgan fingerprint density at radius 3 is 2.22 bits per heavy atom. The Morgan fingerprint density at radius 2 is 1.67 bits per heavy atom. The van der Waals surface area contributed by atoms with Gasteiger partial charge in [0.25, 0.3) is 5.91 Å². The minimum Gasteiger partial charge on any atom is -0.493 e. The predicted molar refractivity (Wildman–Crippen MR) is 109 cm³/mol. The first-order valence-corrected chi connectivity index (χ1v) is 9.55. The molecule has 3 aromatic rings. The van der Waals surface area contributed by atoms with Gasteiger partial charge in [-0.3, -0.25) is 10.1 Å². The Morgan fingerprint density at radius 1 is 1.04 bits per heavy atom. The van der Waals surface area contributed by atoms with Crippen molar-refractivity contribution in [3.05, 3.63) is 51.8 Å². The number of hydrogen-bond donors (Lipinski definition) is 1. The molecule has 0 bridgehead atoms. The molecule has 0 saturated carbocycles. The highest BCUT2D eigenvalue weighted by Gasteiger charge is 2.18. The van der Waals surface area contributed by atoms with Gasteiger partial charge in [-0.25, -0.2) is 4.98 Å². The lowest BCUT2D eigenvalue weighted by molar-refractivity contribution is 0.102. The van der Waals surface area contributed by atoms with Crippen molar-refractivity contribution in [2.45, 2.75) is 0 Å². The third-order valence-electron chi connectivity index (χ3n) is 3.79. The number of hydrogen-bond acceptors (Lipinski definition) is 6. The highest BCUT2D eigenvalue weighted by Crippen LogP contribution is 2.38. The number of ether oxygens (including phenoxy) is 3. The molecule has 0 atom stereocenters. The molecule has 1 aromatic heterocycles. The highest BCUT2D eigenvalue weighted by atomic mass is 79.9. The van der Waals surface area contributed by atoms with E-state index in [1.165, 1.54) is 32.7 Å². The van der Waals surface area contributed by atoms with Crippen LogP contribution in [0.1, 0.15) is 10.4 Å². The monoisotopic (exact) mass is 448 g/mol. The summed E-state index contributed by atoms with van der Waals surface area (Å²) in [6, 6.07) is 11.0. The summed E-state index contributed by atoms with van der Waals surface area (Å²) < 4.78 is 16.9. The van der Waals surface area contributed by atoms with E-state index < -0.39 is 0 Å². The van der Waals surface area contributed by atoms with Gasteiger partial charge in [-0.2, -0.15) is 0 Å². The smallest absolute Gasteiger partial charge is 0.257 e. The topological polar surface area (TPSA) is 69.7 Å². The maximum absolute atomic E-state index is 12.6. The fraction of sp³-hybridized carbons (Fsp3) is 0.158. The minimum atomic E-state index is -0.314. The average Bonchev–Trinajstić information content (AvgIpc) is 3.15. The van der Waals surface area contributed by atoms with Gasteiger partial charge in [-0.05, 0) is 24.3 Å². The predicted octanol–water partition coefficient (Wildman–Crippen LogP) is 4.85. The summed E-state index contributed by atoms with van der Waals surface area (Å²) in [4.78, 5) is 17.1. The zero-order valence-electron chi connectivity index (χ0n) is 14.9. The summed E-state index contributed by atoms with van der Waals surface area (Å²) in [5.41, 5.74) is 2.15. The molecule has 0 radical (unpaired) electrons. The van der Waals surface area contributed by atoms with Crippen LogP contribution in [0.25, 0.3) is 11.3 Å². The first-order valence-electron chi connectivity index (χ1n) is 7.88. The SMILES string of the molecule is COc1cc(C(=O)Nc2nc(-c3ccc(Br)cc3)cs2)cc(OC)c1OC. The standard InChI is InChI=1S/C19H17BrN2O4S/c1-24-15-8-12(9-16(25-2)17(15)26-3)18(23)22-19-21-14(10-27-19)11-4-6-13(20)7-5-11/h4-10H,1-3H3,(H,21,22,23). The van der Waals surface area contributed by atoms with Gasteiger partial charge >= 0.3 is 0 Å². The summed E-state index contributed by atoms with van der Waals surface area (Å²) >= 11 is 4.77. The number of methoxy groups -OCH3 is 3. The van der Waals surface area contributed by atoms with Crippen molar-refractivity contribution in [2.24, 2.45) is 0 Å². The fourth-order valence-electron chi connectivity index (χ4n) is 2.47. The van der Waals surface area contributed by atoms with Crippen molar-refractivity contribution in [3.63, 3.8) is 0 Å². The molecule has 1 N–H and O–H groups in total. The lowest BCUT2D eigenvalue weighted by Crippen LogP contribution is -2.12. The van der Waals surface area contributed by atoms with E-state index in [4.69, 9.17) is 14.2 Å². The second-order valence-corrected chi connectivity index (χ2v) is 7.19. The van der Waals surface area contributed by atoms with E-state index in [0.29, 0.717) is 27.9 Å². The number of amides is 1. The van der Waals surface area contributed by atoms with Gasteiger partial charge in [0.2, 0.25) is 5.75 Å². The van der Waals surface area contributed by atoms with Crippen LogP contribution >= 0.6 is 27.3 Å². The number of rotatable bonds is 6. The van der Waals surface area contributed by atoms with Crippen molar-refractivity contribution in [3.8, 4) is 28.5 Å². The van der Waals surface area contributed by atoms with Crippen molar-refractivity contribution in [1.29, 1.82) is 0 Å². The van der Waals surface area contributed by atoms with Crippen molar-refractivity contribution in [2.75, 3.05) is 26.6 Å². The van der Waals surface area contributed by atoms with Crippen LogP contribution in [0.4, 0.5) is 5.13 Å². The molecular formula is C19H17BrN2O4S. The summed E-state index contributed by atoms with van der Waals surface area (Å²) in [5.74, 6) is 0.947. The zero-order chi connectivity index (χ0) is 19.4. The van der Waals surface area contributed by atoms with Crippen molar-refractivity contribution in [1.82, 2.24) is 4.98 Å². The third kappa shape index (κ3) is 4.23. The number of anilines is 1. The molecule has 1 amide bonds. The van der Waals surface area contributed by atoms with Gasteiger partial charge in [0.05, 0.1) is 27.0 Å². The number of nitrogens with zero attached hydrogens (tertiary/aromatic N) is 1. The Labute approximate surface area is 169 Å². The molecule has 0 fully saturated rings. The normalized spacial score (nSPS) is 10.4. The van der Waals surface area contributed by atoms with Crippen molar-refractivity contribution < 1.29 is 19.0 Å². The maximum atomic E-state index is 12.6. The van der Waals surface area contributed by atoms with E-state index in [2.05, 4.69) is 26.2 Å². The molecule has 27 heavy (non-hydrogen) atoms. The van der Waals surface area contributed by atoms with E-state index in [1.54, 1.807) is 12.1 Å². The lowest BCUT2D eigenvalue weighted by atomic mass is 10.1. The first kappa shape index (κ1) is 19.2. The number of aromatic nitrogens is 1. The van der Waals surface area contributed by atoms with Gasteiger partial charge in [0, 0.05) is 21.0 Å². The van der Waals surface area contributed by atoms with Crippen LogP contribution < -0.4 is 19.5 Å². The van der Waals surface area contributed by atoms with Gasteiger partial charge in [-0.15, -0.1) is 11.3 Å². The quantitative estimate of drug-likeness (QED) is 0.583. The minimum absolute atomic E-state index is 0.314. The Balaban J connectivity index is 1.82. The van der Waals surface area contributed by atoms with Gasteiger partial charge in [-0.1, -0.05) is 28.1 Å². The van der Waals surface area contributed by atoms with E-state index in [0.717, 1.165) is 15.7 Å². The zero-order valence-corrected chi connectivity index (χ0v) is 17.3. The summed E-state index contributed by atoms with van der Waals surface area (Å²) in [6.07, 6.45) is 0.